The number of nitrogens with zero attached hydrogens (tertiary/aromatic N) is 2. The highest BCUT2D eigenvalue weighted by Crippen LogP contribution is 2.29. The zero-order chi connectivity index (χ0) is 18.9. The van der Waals surface area contributed by atoms with Gasteiger partial charge in [-0.3, -0.25) is 0 Å². The Labute approximate surface area is 155 Å². The van der Waals surface area contributed by atoms with Crippen LogP contribution in [0.2, 0.25) is 0 Å². The molecule has 0 amide bonds. The number of aromatic nitrogens is 2. The zero-order valence-electron chi connectivity index (χ0n) is 15.6. The van der Waals surface area contributed by atoms with E-state index in [0.29, 0.717) is 6.42 Å². The number of hydrogen-bond acceptors (Lipinski definition) is 3. The maximum Gasteiger partial charge on any atom is 0.138 e. The van der Waals surface area contributed by atoms with Gasteiger partial charge in [0.15, 0.2) is 0 Å². The van der Waals surface area contributed by atoms with E-state index in [1.807, 2.05) is 6.92 Å². The smallest absolute Gasteiger partial charge is 0.138 e. The molecule has 3 rings (SSSR count). The maximum absolute atomic E-state index is 5.07. The van der Waals surface area contributed by atoms with Crippen molar-refractivity contribution < 1.29 is 4.63 Å². The van der Waals surface area contributed by atoms with Gasteiger partial charge in [0, 0.05) is 12.0 Å². The normalized spacial score (nSPS) is 14.0. The highest BCUT2D eigenvalue weighted by molar-refractivity contribution is 5.79. The van der Waals surface area contributed by atoms with Crippen molar-refractivity contribution in [1.82, 2.24) is 10.3 Å². The number of terminal acetylenes is 1. The highest BCUT2D eigenvalue weighted by Gasteiger charge is 2.17. The number of allylic oxidation sites excluding steroid dienone is 8. The van der Waals surface area contributed by atoms with Crippen molar-refractivity contribution in [2.24, 2.45) is 0 Å². The third kappa shape index (κ3) is 4.70. The summed E-state index contributed by atoms with van der Waals surface area (Å²) >= 11 is 0. The van der Waals surface area contributed by atoms with Crippen LogP contribution in [0.25, 0.3) is 5.57 Å². The molecule has 132 valence electrons. The van der Waals surface area contributed by atoms with Gasteiger partial charge in [0.2, 0.25) is 0 Å². The van der Waals surface area contributed by atoms with E-state index in [1.54, 1.807) is 0 Å². The Hall–Kier alpha value is -3.12. The first-order chi connectivity index (χ1) is 12.7. The Balaban J connectivity index is 0.00000117. The maximum atomic E-state index is 5.07. The van der Waals surface area contributed by atoms with Gasteiger partial charge < -0.3 is 0 Å². The minimum Gasteiger partial charge on any atom is -0.244 e. The molecule has 0 fully saturated rings. The third-order valence-corrected chi connectivity index (χ3v) is 4.20. The summed E-state index contributed by atoms with van der Waals surface area (Å²) in [6, 6.07) is 8.49. The van der Waals surface area contributed by atoms with Crippen LogP contribution in [-0.2, 0) is 6.42 Å². The predicted octanol–water partition coefficient (Wildman–Crippen LogP) is 5.45. The second kappa shape index (κ2) is 9.39. The van der Waals surface area contributed by atoms with E-state index >= 15 is 0 Å². The molecule has 1 aromatic heterocycles. The van der Waals surface area contributed by atoms with Crippen LogP contribution in [0.3, 0.4) is 0 Å². The van der Waals surface area contributed by atoms with Crippen LogP contribution in [-0.4, -0.2) is 10.3 Å². The molecule has 3 nitrogen and oxygen atoms in total. The lowest BCUT2D eigenvalue weighted by Gasteiger charge is -2.08. The van der Waals surface area contributed by atoms with E-state index in [4.69, 9.17) is 4.63 Å². The van der Waals surface area contributed by atoms with Gasteiger partial charge in [0.05, 0.1) is 0 Å². The van der Waals surface area contributed by atoms with E-state index < -0.39 is 0 Å². The third-order valence-electron chi connectivity index (χ3n) is 4.20. The molecule has 26 heavy (non-hydrogen) atoms. The summed E-state index contributed by atoms with van der Waals surface area (Å²) in [6.07, 6.45) is 20.3. The molecule has 1 aromatic carbocycles. The van der Waals surface area contributed by atoms with Crippen LogP contribution in [0.5, 0.6) is 0 Å². The van der Waals surface area contributed by atoms with Gasteiger partial charge in [0.1, 0.15) is 11.4 Å². The van der Waals surface area contributed by atoms with Crippen LogP contribution >= 0.6 is 0 Å². The minimum absolute atomic E-state index is 0.717. The van der Waals surface area contributed by atoms with Gasteiger partial charge in [-0.1, -0.05) is 70.9 Å². The second-order valence-corrected chi connectivity index (χ2v) is 6.13. The van der Waals surface area contributed by atoms with E-state index in [-0.39, 0.29) is 0 Å². The SMILES string of the molecule is C#C.C/C=C(/C1=CC=C(C)C=CC1)c1nonc1Cc1ccc(C)cc1. The molecular formula is C23H24N2O. The number of aryl methyl sites for hydroxylation is 1. The van der Waals surface area contributed by atoms with E-state index in [0.717, 1.165) is 23.4 Å². The summed E-state index contributed by atoms with van der Waals surface area (Å²) in [5.41, 5.74) is 7.74. The van der Waals surface area contributed by atoms with Gasteiger partial charge >= 0.3 is 0 Å². The standard InChI is InChI=1S/C21H22N2O.C2H2/c1-4-19(18-7-5-6-15(2)10-13-18)21-20(22-24-23-21)14-17-11-8-16(3)9-12-17;1-2/h4-6,8-13H,7,14H2,1-3H3;1-2H/b19-4-;. The van der Waals surface area contributed by atoms with Crippen molar-refractivity contribution in [3.05, 3.63) is 88.3 Å². The molecule has 0 radical (unpaired) electrons. The Morgan fingerprint density at radius 2 is 1.85 bits per heavy atom. The molecule has 0 bridgehead atoms. The van der Waals surface area contributed by atoms with Gasteiger partial charge in [-0.2, -0.15) is 0 Å². The zero-order valence-corrected chi connectivity index (χ0v) is 15.6. The van der Waals surface area contributed by atoms with Crippen LogP contribution < -0.4 is 0 Å². The second-order valence-electron chi connectivity index (χ2n) is 6.13. The van der Waals surface area contributed by atoms with Crippen LogP contribution in [0.1, 0.15) is 42.8 Å². The van der Waals surface area contributed by atoms with Crippen LogP contribution in [0.4, 0.5) is 0 Å². The molecule has 0 atom stereocenters. The van der Waals surface area contributed by atoms with Crippen molar-refractivity contribution in [2.75, 3.05) is 0 Å². The van der Waals surface area contributed by atoms with E-state index in [2.05, 4.69) is 91.7 Å². The van der Waals surface area contributed by atoms with Crippen molar-refractivity contribution in [3.8, 4) is 12.8 Å². The Morgan fingerprint density at radius 1 is 1.12 bits per heavy atom. The molecule has 1 heterocycles. The van der Waals surface area contributed by atoms with Crippen molar-refractivity contribution in [2.45, 2.75) is 33.6 Å². The fraction of sp³-hybridized carbons (Fsp3) is 0.217. The Morgan fingerprint density at radius 3 is 2.54 bits per heavy atom. The van der Waals surface area contributed by atoms with Crippen LogP contribution in [0.15, 0.2) is 70.4 Å². The molecule has 2 aromatic rings. The highest BCUT2D eigenvalue weighted by atomic mass is 16.6. The molecule has 0 unspecified atom stereocenters. The number of benzene rings is 1. The molecule has 0 N–H and O–H groups in total. The van der Waals surface area contributed by atoms with Gasteiger partial charge in [-0.15, -0.1) is 12.8 Å². The molecule has 0 aliphatic heterocycles. The number of hydrogen-bond donors (Lipinski definition) is 0. The summed E-state index contributed by atoms with van der Waals surface area (Å²) in [5, 5.41) is 8.33. The van der Waals surface area contributed by atoms with Crippen molar-refractivity contribution >= 4 is 5.57 Å². The first-order valence-corrected chi connectivity index (χ1v) is 8.58. The molecule has 3 heteroatoms. The monoisotopic (exact) mass is 344 g/mol. The molecule has 1 aliphatic rings. The van der Waals surface area contributed by atoms with Gasteiger partial charge in [0.25, 0.3) is 0 Å². The van der Waals surface area contributed by atoms with Crippen molar-refractivity contribution in [1.29, 1.82) is 0 Å². The Kier molecular flexibility index (Phi) is 6.93. The average Bonchev–Trinajstić information content (AvgIpc) is 3.00. The molecule has 0 saturated heterocycles. The lowest BCUT2D eigenvalue weighted by molar-refractivity contribution is 0.303. The van der Waals surface area contributed by atoms with Crippen LogP contribution in [0, 0.1) is 19.8 Å². The quantitative estimate of drug-likeness (QED) is 0.692. The van der Waals surface area contributed by atoms with E-state index in [1.165, 1.54) is 22.3 Å². The summed E-state index contributed by atoms with van der Waals surface area (Å²) in [5.74, 6) is 0. The largest absolute Gasteiger partial charge is 0.244 e. The number of rotatable bonds is 4. The lowest BCUT2D eigenvalue weighted by atomic mass is 9.96. The topological polar surface area (TPSA) is 38.9 Å². The molecule has 0 saturated carbocycles. The molecular weight excluding hydrogens is 320 g/mol. The first-order valence-electron chi connectivity index (χ1n) is 8.58. The van der Waals surface area contributed by atoms with E-state index in [9.17, 15) is 0 Å². The predicted molar refractivity (Wildman–Crippen MR) is 107 cm³/mol. The molecule has 1 aliphatic carbocycles. The van der Waals surface area contributed by atoms with Gasteiger partial charge in [-0.25, -0.2) is 4.63 Å². The first kappa shape index (κ1) is 19.2. The lowest BCUT2D eigenvalue weighted by Crippen LogP contribution is -1.97. The van der Waals surface area contributed by atoms with Crippen molar-refractivity contribution in [3.63, 3.8) is 0 Å². The Bertz CT molecular complexity index is 874. The summed E-state index contributed by atoms with van der Waals surface area (Å²) in [6.45, 7) is 6.23. The fourth-order valence-corrected chi connectivity index (χ4v) is 2.83. The average molecular weight is 344 g/mol. The van der Waals surface area contributed by atoms with Gasteiger partial charge in [-0.05, 0) is 43.5 Å². The minimum atomic E-state index is 0.717. The summed E-state index contributed by atoms with van der Waals surface area (Å²) in [4.78, 5) is 0. The summed E-state index contributed by atoms with van der Waals surface area (Å²) in [7, 11) is 0. The molecule has 0 spiro atoms. The fourth-order valence-electron chi connectivity index (χ4n) is 2.83. The summed E-state index contributed by atoms with van der Waals surface area (Å²) < 4.78 is 5.07.